The van der Waals surface area contributed by atoms with E-state index < -0.39 is 17.9 Å². The number of aliphatic hydroxyl groups is 1. The van der Waals surface area contributed by atoms with Crippen LogP contribution in [0.3, 0.4) is 0 Å². The predicted molar refractivity (Wildman–Crippen MR) is 66.8 cm³/mol. The van der Waals surface area contributed by atoms with Gasteiger partial charge in [0.25, 0.3) is 0 Å². The first-order valence-electron chi connectivity index (χ1n) is 4.94. The Labute approximate surface area is 111 Å². The van der Waals surface area contributed by atoms with E-state index in [2.05, 4.69) is 0 Å². The zero-order valence-corrected chi connectivity index (χ0v) is 10.5. The molecule has 1 heterocycles. The third-order valence-electron chi connectivity index (χ3n) is 2.43. The van der Waals surface area contributed by atoms with Crippen LogP contribution in [0.25, 0.3) is 0 Å². The summed E-state index contributed by atoms with van der Waals surface area (Å²) in [6.07, 6.45) is -1.13. The maximum absolute atomic E-state index is 13.0. The fourth-order valence-electron chi connectivity index (χ4n) is 1.54. The van der Waals surface area contributed by atoms with Gasteiger partial charge in [-0.1, -0.05) is 17.7 Å². The number of carboxylic acids is 1. The molecule has 0 spiro atoms. The first kappa shape index (κ1) is 13.0. The van der Waals surface area contributed by atoms with Crippen LogP contribution in [0.15, 0.2) is 29.6 Å². The van der Waals surface area contributed by atoms with Crippen LogP contribution in [0.5, 0.6) is 0 Å². The highest BCUT2D eigenvalue weighted by atomic mass is 35.5. The van der Waals surface area contributed by atoms with Gasteiger partial charge in [-0.3, -0.25) is 0 Å². The third-order valence-corrected chi connectivity index (χ3v) is 3.69. The van der Waals surface area contributed by atoms with Crippen LogP contribution < -0.4 is 0 Å². The molecular formula is C12H8ClFO3S. The van der Waals surface area contributed by atoms with Gasteiger partial charge in [0.15, 0.2) is 0 Å². The van der Waals surface area contributed by atoms with E-state index >= 15 is 0 Å². The predicted octanol–water partition coefficient (Wildman–Crippen LogP) is 3.32. The van der Waals surface area contributed by atoms with E-state index in [-0.39, 0.29) is 10.6 Å². The van der Waals surface area contributed by atoms with Gasteiger partial charge < -0.3 is 10.2 Å². The van der Waals surface area contributed by atoms with Gasteiger partial charge in [-0.15, -0.1) is 11.3 Å². The normalized spacial score (nSPS) is 12.4. The molecule has 0 amide bonds. The number of carbonyl (C=O) groups is 1. The molecule has 18 heavy (non-hydrogen) atoms. The second-order valence-corrected chi connectivity index (χ2v) is 4.93. The molecule has 1 atom stereocenters. The van der Waals surface area contributed by atoms with Gasteiger partial charge in [0.1, 0.15) is 11.9 Å². The smallest absolute Gasteiger partial charge is 0.336 e. The van der Waals surface area contributed by atoms with Crippen LogP contribution in [-0.4, -0.2) is 16.2 Å². The van der Waals surface area contributed by atoms with Gasteiger partial charge in [-0.2, -0.15) is 0 Å². The minimum atomic E-state index is -1.13. The topological polar surface area (TPSA) is 57.5 Å². The number of aromatic carboxylic acids is 1. The van der Waals surface area contributed by atoms with Crippen molar-refractivity contribution in [2.45, 2.75) is 6.10 Å². The van der Waals surface area contributed by atoms with E-state index in [0.29, 0.717) is 10.4 Å². The van der Waals surface area contributed by atoms with Gasteiger partial charge in [-0.25, -0.2) is 9.18 Å². The highest BCUT2D eigenvalue weighted by Crippen LogP contribution is 2.31. The van der Waals surface area contributed by atoms with Crippen molar-refractivity contribution in [1.82, 2.24) is 0 Å². The molecule has 2 aromatic rings. The van der Waals surface area contributed by atoms with Crippen molar-refractivity contribution in [2.24, 2.45) is 0 Å². The largest absolute Gasteiger partial charge is 0.478 e. The third kappa shape index (κ3) is 2.38. The standard InChI is InChI=1S/C12H8ClFO3S/c13-8-5-6(1-2-9(8)14)10(15)11-7(12(16)17)3-4-18-11/h1-5,10,15H,(H,16,17). The highest BCUT2D eigenvalue weighted by molar-refractivity contribution is 7.10. The van der Waals surface area contributed by atoms with E-state index in [1.165, 1.54) is 18.2 Å². The number of benzene rings is 1. The lowest BCUT2D eigenvalue weighted by Gasteiger charge is -2.11. The molecular weight excluding hydrogens is 279 g/mol. The first-order chi connectivity index (χ1) is 8.50. The molecule has 94 valence electrons. The van der Waals surface area contributed by atoms with Crippen molar-refractivity contribution in [1.29, 1.82) is 0 Å². The van der Waals surface area contributed by atoms with E-state index in [0.717, 1.165) is 17.4 Å². The van der Waals surface area contributed by atoms with Crippen molar-refractivity contribution >= 4 is 28.9 Å². The summed E-state index contributed by atoms with van der Waals surface area (Å²) in [7, 11) is 0. The Morgan fingerprint density at radius 3 is 2.72 bits per heavy atom. The Balaban J connectivity index is 2.41. The minimum Gasteiger partial charge on any atom is -0.478 e. The van der Waals surface area contributed by atoms with Crippen LogP contribution in [0.4, 0.5) is 4.39 Å². The number of hydrogen-bond donors (Lipinski definition) is 2. The highest BCUT2D eigenvalue weighted by Gasteiger charge is 2.20. The van der Waals surface area contributed by atoms with Crippen LogP contribution >= 0.6 is 22.9 Å². The molecule has 3 nitrogen and oxygen atoms in total. The molecule has 1 aromatic heterocycles. The molecule has 0 radical (unpaired) electrons. The van der Waals surface area contributed by atoms with Crippen LogP contribution in [0.2, 0.25) is 5.02 Å². The second-order valence-electron chi connectivity index (χ2n) is 3.58. The summed E-state index contributed by atoms with van der Waals surface area (Å²) in [5.74, 6) is -1.70. The molecule has 0 aliphatic heterocycles. The number of rotatable bonds is 3. The molecule has 0 aliphatic rings. The van der Waals surface area contributed by atoms with Crippen LogP contribution in [0, 0.1) is 5.82 Å². The Bertz CT molecular complexity index is 597. The van der Waals surface area contributed by atoms with E-state index in [1.54, 1.807) is 5.38 Å². The van der Waals surface area contributed by atoms with Crippen LogP contribution in [0.1, 0.15) is 26.9 Å². The van der Waals surface area contributed by atoms with Crippen molar-refractivity contribution < 1.29 is 19.4 Å². The number of hydrogen-bond acceptors (Lipinski definition) is 3. The SMILES string of the molecule is O=C(O)c1ccsc1C(O)c1ccc(F)c(Cl)c1. The van der Waals surface area contributed by atoms with E-state index in [1.807, 2.05) is 0 Å². The quantitative estimate of drug-likeness (QED) is 0.910. The maximum atomic E-state index is 13.0. The molecule has 2 N–H and O–H groups in total. The van der Waals surface area contributed by atoms with Crippen molar-refractivity contribution in [3.05, 3.63) is 56.5 Å². The lowest BCUT2D eigenvalue weighted by Crippen LogP contribution is -2.05. The van der Waals surface area contributed by atoms with Crippen molar-refractivity contribution in [3.8, 4) is 0 Å². The summed E-state index contributed by atoms with van der Waals surface area (Å²) in [6, 6.07) is 5.20. The maximum Gasteiger partial charge on any atom is 0.336 e. The Morgan fingerprint density at radius 1 is 1.39 bits per heavy atom. The average Bonchev–Trinajstić information content (AvgIpc) is 2.81. The Kier molecular flexibility index (Phi) is 3.65. The van der Waals surface area contributed by atoms with Crippen molar-refractivity contribution in [3.63, 3.8) is 0 Å². The summed E-state index contributed by atoms with van der Waals surface area (Å²) >= 11 is 6.75. The molecule has 0 saturated carbocycles. The van der Waals surface area contributed by atoms with Crippen LogP contribution in [-0.2, 0) is 0 Å². The fourth-order valence-corrected chi connectivity index (χ4v) is 2.63. The molecule has 0 bridgehead atoms. The van der Waals surface area contributed by atoms with Gasteiger partial charge in [0.2, 0.25) is 0 Å². The summed E-state index contributed by atoms with van der Waals surface area (Å²) in [4.78, 5) is 11.2. The molecule has 1 unspecified atom stereocenters. The zero-order valence-electron chi connectivity index (χ0n) is 8.93. The fraction of sp³-hybridized carbons (Fsp3) is 0.0833. The van der Waals surface area contributed by atoms with Gasteiger partial charge in [-0.05, 0) is 29.1 Å². The number of thiophene rings is 1. The Hall–Kier alpha value is -1.43. The first-order valence-corrected chi connectivity index (χ1v) is 6.20. The number of halogens is 2. The molecule has 6 heteroatoms. The van der Waals surface area contributed by atoms with E-state index in [9.17, 15) is 14.3 Å². The summed E-state index contributed by atoms with van der Waals surface area (Å²) < 4.78 is 13.0. The van der Waals surface area contributed by atoms with Gasteiger partial charge in [0, 0.05) is 0 Å². The monoisotopic (exact) mass is 286 g/mol. The average molecular weight is 287 g/mol. The van der Waals surface area contributed by atoms with Gasteiger partial charge >= 0.3 is 5.97 Å². The van der Waals surface area contributed by atoms with E-state index in [4.69, 9.17) is 16.7 Å². The lowest BCUT2D eigenvalue weighted by molar-refractivity contribution is 0.0692. The Morgan fingerprint density at radius 2 is 2.11 bits per heavy atom. The second kappa shape index (κ2) is 5.06. The van der Waals surface area contributed by atoms with Gasteiger partial charge in [0.05, 0.1) is 15.5 Å². The van der Waals surface area contributed by atoms with Crippen molar-refractivity contribution in [2.75, 3.05) is 0 Å². The summed E-state index contributed by atoms with van der Waals surface area (Å²) in [6.45, 7) is 0. The molecule has 0 saturated heterocycles. The molecule has 0 fully saturated rings. The zero-order chi connectivity index (χ0) is 13.3. The summed E-state index contributed by atoms with van der Waals surface area (Å²) in [5.41, 5.74) is 0.388. The molecule has 0 aliphatic carbocycles. The number of aliphatic hydroxyl groups excluding tert-OH is 1. The molecule has 2 rings (SSSR count). The molecule has 1 aromatic carbocycles. The summed E-state index contributed by atoms with van der Waals surface area (Å²) in [5, 5.41) is 20.5. The number of carboxylic acid groups (broad SMARTS) is 1. The minimum absolute atomic E-state index is 0.0351. The lowest BCUT2D eigenvalue weighted by atomic mass is 10.1.